The minimum atomic E-state index is -0.675. The molecule has 0 spiro atoms. The Balaban J connectivity index is 1.44. The number of fused-ring (bicyclic) bond motifs is 1. The SMILES string of the molecule is O=C(Cc1cc(F)cc(F)c1)N1CCc2oc(C3CCOCC3)nc2C1. The number of rotatable bonds is 3. The monoisotopic (exact) mass is 362 g/mol. The van der Waals surface area contributed by atoms with Gasteiger partial charge in [0, 0.05) is 38.2 Å². The Labute approximate surface area is 150 Å². The number of hydrogen-bond donors (Lipinski definition) is 0. The minimum Gasteiger partial charge on any atom is -0.445 e. The highest BCUT2D eigenvalue weighted by atomic mass is 19.1. The molecule has 3 heterocycles. The summed E-state index contributed by atoms with van der Waals surface area (Å²) < 4.78 is 37.9. The zero-order valence-corrected chi connectivity index (χ0v) is 14.3. The zero-order chi connectivity index (χ0) is 18.1. The fourth-order valence-corrected chi connectivity index (χ4v) is 3.55. The lowest BCUT2D eigenvalue weighted by molar-refractivity contribution is -0.131. The van der Waals surface area contributed by atoms with Crippen LogP contribution in [0.5, 0.6) is 0 Å². The van der Waals surface area contributed by atoms with Crippen molar-refractivity contribution in [2.24, 2.45) is 0 Å². The van der Waals surface area contributed by atoms with Gasteiger partial charge in [-0.25, -0.2) is 13.8 Å². The molecular weight excluding hydrogens is 342 g/mol. The summed E-state index contributed by atoms with van der Waals surface area (Å²) in [5, 5.41) is 0. The summed E-state index contributed by atoms with van der Waals surface area (Å²) in [6.07, 6.45) is 2.36. The van der Waals surface area contributed by atoms with E-state index in [1.807, 2.05) is 0 Å². The quantitative estimate of drug-likeness (QED) is 0.842. The van der Waals surface area contributed by atoms with E-state index >= 15 is 0 Å². The van der Waals surface area contributed by atoms with Crippen molar-refractivity contribution in [2.45, 2.75) is 38.1 Å². The van der Waals surface area contributed by atoms with Crippen molar-refractivity contribution in [1.82, 2.24) is 9.88 Å². The van der Waals surface area contributed by atoms with E-state index in [0.29, 0.717) is 38.3 Å². The first kappa shape index (κ1) is 17.1. The van der Waals surface area contributed by atoms with Gasteiger partial charge in [-0.2, -0.15) is 0 Å². The van der Waals surface area contributed by atoms with Crippen molar-refractivity contribution >= 4 is 5.91 Å². The average Bonchev–Trinajstić information content (AvgIpc) is 3.05. The lowest BCUT2D eigenvalue weighted by Gasteiger charge is -2.25. The lowest BCUT2D eigenvalue weighted by atomic mass is 10.0. The van der Waals surface area contributed by atoms with Gasteiger partial charge in [0.05, 0.1) is 13.0 Å². The number of aromatic nitrogens is 1. The summed E-state index contributed by atoms with van der Waals surface area (Å²) in [5.41, 5.74) is 1.12. The van der Waals surface area contributed by atoms with Crippen LogP contribution in [0.4, 0.5) is 8.78 Å². The number of nitrogens with zero attached hydrogens (tertiary/aromatic N) is 2. The molecule has 5 nitrogen and oxygen atoms in total. The van der Waals surface area contributed by atoms with E-state index in [4.69, 9.17) is 9.15 Å². The molecule has 138 valence electrons. The van der Waals surface area contributed by atoms with Crippen molar-refractivity contribution in [2.75, 3.05) is 19.8 Å². The van der Waals surface area contributed by atoms with Crippen LogP contribution in [0.2, 0.25) is 0 Å². The third-order valence-corrected chi connectivity index (χ3v) is 4.95. The van der Waals surface area contributed by atoms with Gasteiger partial charge in [-0.3, -0.25) is 4.79 Å². The number of ether oxygens (including phenoxy) is 1. The van der Waals surface area contributed by atoms with Crippen LogP contribution in [-0.4, -0.2) is 35.5 Å². The van der Waals surface area contributed by atoms with Gasteiger partial charge in [-0.1, -0.05) is 0 Å². The second kappa shape index (κ2) is 7.15. The summed E-state index contributed by atoms with van der Waals surface area (Å²) in [6.45, 7) is 2.32. The van der Waals surface area contributed by atoms with Crippen molar-refractivity contribution in [3.63, 3.8) is 0 Å². The first-order valence-electron chi connectivity index (χ1n) is 8.87. The van der Waals surface area contributed by atoms with E-state index in [-0.39, 0.29) is 18.2 Å². The third-order valence-electron chi connectivity index (χ3n) is 4.95. The Morgan fingerprint density at radius 1 is 1.19 bits per heavy atom. The first-order valence-corrected chi connectivity index (χ1v) is 8.87. The maximum Gasteiger partial charge on any atom is 0.227 e. The number of amides is 1. The predicted molar refractivity (Wildman–Crippen MR) is 88.5 cm³/mol. The molecule has 0 saturated carbocycles. The summed E-state index contributed by atoms with van der Waals surface area (Å²) in [6, 6.07) is 3.18. The normalized spacial score (nSPS) is 18.0. The topological polar surface area (TPSA) is 55.6 Å². The molecular formula is C19H20F2N2O3. The van der Waals surface area contributed by atoms with Gasteiger partial charge in [0.2, 0.25) is 5.91 Å². The standard InChI is InChI=1S/C19H20F2N2O3/c20-14-7-12(8-15(21)10-14)9-18(24)23-4-1-17-16(11-23)22-19(26-17)13-2-5-25-6-3-13/h7-8,10,13H,1-6,9,11H2. The molecule has 0 bridgehead atoms. The van der Waals surface area contributed by atoms with Crippen molar-refractivity contribution < 1.29 is 22.7 Å². The number of carbonyl (C=O) groups is 1. The van der Waals surface area contributed by atoms with Crippen LogP contribution < -0.4 is 0 Å². The van der Waals surface area contributed by atoms with Gasteiger partial charge in [-0.05, 0) is 30.5 Å². The van der Waals surface area contributed by atoms with E-state index in [9.17, 15) is 13.6 Å². The fourth-order valence-electron chi connectivity index (χ4n) is 3.55. The second-order valence-corrected chi connectivity index (χ2v) is 6.83. The Hall–Kier alpha value is -2.28. The number of halogens is 2. The highest BCUT2D eigenvalue weighted by Gasteiger charge is 2.28. The van der Waals surface area contributed by atoms with E-state index in [2.05, 4.69) is 4.98 Å². The van der Waals surface area contributed by atoms with Crippen molar-refractivity contribution in [1.29, 1.82) is 0 Å². The highest BCUT2D eigenvalue weighted by Crippen LogP contribution is 2.30. The number of benzene rings is 1. The van der Waals surface area contributed by atoms with Gasteiger partial charge >= 0.3 is 0 Å². The van der Waals surface area contributed by atoms with Crippen LogP contribution in [0.3, 0.4) is 0 Å². The van der Waals surface area contributed by atoms with Crippen molar-refractivity contribution in [3.05, 3.63) is 52.7 Å². The van der Waals surface area contributed by atoms with Crippen LogP contribution in [0, 0.1) is 11.6 Å². The molecule has 7 heteroatoms. The Morgan fingerprint density at radius 3 is 2.65 bits per heavy atom. The van der Waals surface area contributed by atoms with E-state index in [1.165, 1.54) is 12.1 Å². The molecule has 1 saturated heterocycles. The smallest absolute Gasteiger partial charge is 0.227 e. The zero-order valence-electron chi connectivity index (χ0n) is 14.3. The van der Waals surface area contributed by atoms with Crippen LogP contribution in [0.25, 0.3) is 0 Å². The van der Waals surface area contributed by atoms with E-state index in [1.54, 1.807) is 4.90 Å². The average molecular weight is 362 g/mol. The lowest BCUT2D eigenvalue weighted by Crippen LogP contribution is -2.36. The third kappa shape index (κ3) is 3.62. The number of oxazole rings is 1. The number of hydrogen-bond acceptors (Lipinski definition) is 4. The molecule has 1 fully saturated rings. The van der Waals surface area contributed by atoms with Crippen LogP contribution in [-0.2, 0) is 28.9 Å². The van der Waals surface area contributed by atoms with Crippen LogP contribution in [0.1, 0.15) is 41.7 Å². The Bertz CT molecular complexity index is 795. The van der Waals surface area contributed by atoms with Crippen LogP contribution >= 0.6 is 0 Å². The molecule has 1 amide bonds. The van der Waals surface area contributed by atoms with Gasteiger partial charge in [-0.15, -0.1) is 0 Å². The van der Waals surface area contributed by atoms with Crippen LogP contribution in [0.15, 0.2) is 22.6 Å². The summed E-state index contributed by atoms with van der Waals surface area (Å²) in [5.74, 6) is 0.329. The molecule has 2 aliphatic rings. The molecule has 1 aromatic heterocycles. The maximum absolute atomic E-state index is 13.3. The molecule has 1 aromatic carbocycles. The summed E-state index contributed by atoms with van der Waals surface area (Å²) in [4.78, 5) is 18.8. The van der Waals surface area contributed by atoms with Crippen molar-refractivity contribution in [3.8, 4) is 0 Å². The predicted octanol–water partition coefficient (Wildman–Crippen LogP) is 2.97. The molecule has 0 atom stereocenters. The van der Waals surface area contributed by atoms with E-state index in [0.717, 1.165) is 36.3 Å². The molecule has 4 rings (SSSR count). The Kier molecular flexibility index (Phi) is 4.72. The molecule has 0 unspecified atom stereocenters. The molecule has 0 radical (unpaired) electrons. The van der Waals surface area contributed by atoms with E-state index < -0.39 is 11.6 Å². The summed E-state index contributed by atoms with van der Waals surface area (Å²) >= 11 is 0. The largest absolute Gasteiger partial charge is 0.445 e. The molecule has 2 aromatic rings. The van der Waals surface area contributed by atoms with Gasteiger partial charge in [0.25, 0.3) is 0 Å². The number of carbonyl (C=O) groups excluding carboxylic acids is 1. The summed E-state index contributed by atoms with van der Waals surface area (Å²) in [7, 11) is 0. The minimum absolute atomic E-state index is 0.0330. The molecule has 0 aliphatic carbocycles. The fraction of sp³-hybridized carbons (Fsp3) is 0.474. The molecule has 0 N–H and O–H groups in total. The maximum atomic E-state index is 13.3. The first-order chi connectivity index (χ1) is 12.6. The molecule has 26 heavy (non-hydrogen) atoms. The van der Waals surface area contributed by atoms with Gasteiger partial charge in [0.15, 0.2) is 5.89 Å². The Morgan fingerprint density at radius 2 is 1.92 bits per heavy atom. The highest BCUT2D eigenvalue weighted by molar-refractivity contribution is 5.79. The van der Waals surface area contributed by atoms with Gasteiger partial charge in [0.1, 0.15) is 23.1 Å². The van der Waals surface area contributed by atoms with Gasteiger partial charge < -0.3 is 14.1 Å². The molecule has 2 aliphatic heterocycles. The second-order valence-electron chi connectivity index (χ2n) is 6.83.